The number of nitrogens with one attached hydrogen (secondary N) is 1. The zero-order chi connectivity index (χ0) is 15.0. The van der Waals surface area contributed by atoms with E-state index in [1.54, 1.807) is 7.11 Å². The summed E-state index contributed by atoms with van der Waals surface area (Å²) in [6.45, 7) is 1.01. The molecule has 0 radical (unpaired) electrons. The van der Waals surface area contributed by atoms with E-state index in [2.05, 4.69) is 5.32 Å². The van der Waals surface area contributed by atoms with Crippen molar-refractivity contribution in [3.8, 4) is 0 Å². The summed E-state index contributed by atoms with van der Waals surface area (Å²) < 4.78 is 4.93. The highest BCUT2D eigenvalue weighted by molar-refractivity contribution is 5.74. The maximum atomic E-state index is 12.1. The lowest BCUT2D eigenvalue weighted by Gasteiger charge is -2.30. The van der Waals surface area contributed by atoms with Crippen LogP contribution in [0.2, 0.25) is 0 Å². The molecular weight excluding hydrogens is 264 g/mol. The van der Waals surface area contributed by atoms with Gasteiger partial charge in [0.15, 0.2) is 0 Å². The van der Waals surface area contributed by atoms with Crippen molar-refractivity contribution in [1.29, 1.82) is 0 Å². The number of carbonyl (C=O) groups is 2. The van der Waals surface area contributed by atoms with Crippen LogP contribution >= 0.6 is 0 Å². The summed E-state index contributed by atoms with van der Waals surface area (Å²) >= 11 is 0. The molecule has 0 atom stereocenters. The topological polar surface area (TPSA) is 99.1 Å². The van der Waals surface area contributed by atoms with Crippen LogP contribution in [0.4, 0.5) is 4.79 Å². The number of aliphatic hydroxyl groups is 1. The number of carbonyl (C=O) groups excluding carboxylic acids is 1. The molecule has 0 aromatic rings. The van der Waals surface area contributed by atoms with Crippen molar-refractivity contribution in [2.24, 2.45) is 5.92 Å². The van der Waals surface area contributed by atoms with E-state index < -0.39 is 5.97 Å². The summed E-state index contributed by atoms with van der Waals surface area (Å²) in [6.07, 6.45) is 2.55. The monoisotopic (exact) mass is 288 g/mol. The van der Waals surface area contributed by atoms with Crippen molar-refractivity contribution in [3.05, 3.63) is 0 Å². The number of ether oxygens (including phenoxy) is 1. The van der Waals surface area contributed by atoms with Gasteiger partial charge in [-0.15, -0.1) is 0 Å². The van der Waals surface area contributed by atoms with Gasteiger partial charge in [0, 0.05) is 26.2 Å². The smallest absolute Gasteiger partial charge is 0.317 e. The summed E-state index contributed by atoms with van der Waals surface area (Å²) in [5.41, 5.74) is 0. The van der Waals surface area contributed by atoms with Crippen molar-refractivity contribution in [1.82, 2.24) is 10.2 Å². The molecule has 116 valence electrons. The minimum Gasteiger partial charge on any atom is -0.481 e. The third-order valence-corrected chi connectivity index (χ3v) is 3.63. The fourth-order valence-electron chi connectivity index (χ4n) is 2.39. The van der Waals surface area contributed by atoms with Crippen LogP contribution < -0.4 is 5.32 Å². The fraction of sp³-hybridized carbons (Fsp3) is 0.846. The van der Waals surface area contributed by atoms with Gasteiger partial charge in [-0.25, -0.2) is 4.79 Å². The molecule has 7 nitrogen and oxygen atoms in total. The van der Waals surface area contributed by atoms with E-state index in [1.165, 1.54) is 4.90 Å². The van der Waals surface area contributed by atoms with Crippen LogP contribution in [0.5, 0.6) is 0 Å². The van der Waals surface area contributed by atoms with Gasteiger partial charge in [-0.05, 0) is 25.7 Å². The second-order valence-corrected chi connectivity index (χ2v) is 5.04. The third kappa shape index (κ3) is 5.34. The molecule has 1 fully saturated rings. The number of carboxylic acids is 1. The van der Waals surface area contributed by atoms with Crippen molar-refractivity contribution in [2.75, 3.05) is 33.4 Å². The second-order valence-electron chi connectivity index (χ2n) is 5.04. The van der Waals surface area contributed by atoms with Crippen LogP contribution in [0.1, 0.15) is 25.7 Å². The van der Waals surface area contributed by atoms with E-state index in [0.29, 0.717) is 38.8 Å². The number of methoxy groups -OCH3 is 1. The molecule has 1 rings (SSSR count). The number of urea groups is 1. The third-order valence-electron chi connectivity index (χ3n) is 3.63. The van der Waals surface area contributed by atoms with Crippen LogP contribution in [0, 0.1) is 5.92 Å². The van der Waals surface area contributed by atoms with Crippen molar-refractivity contribution in [2.45, 2.75) is 31.7 Å². The molecule has 0 unspecified atom stereocenters. The number of amides is 2. The molecular formula is C13H24N2O5. The molecule has 2 amide bonds. The molecule has 0 aromatic carbocycles. The van der Waals surface area contributed by atoms with E-state index in [-0.39, 0.29) is 31.1 Å². The predicted molar refractivity (Wildman–Crippen MR) is 72.4 cm³/mol. The largest absolute Gasteiger partial charge is 0.481 e. The van der Waals surface area contributed by atoms with Crippen LogP contribution in [0.25, 0.3) is 0 Å². The fourth-order valence-corrected chi connectivity index (χ4v) is 2.39. The van der Waals surface area contributed by atoms with E-state index in [0.717, 1.165) is 0 Å². The molecule has 0 aromatic heterocycles. The normalized spacial score (nSPS) is 22.3. The van der Waals surface area contributed by atoms with Gasteiger partial charge in [-0.1, -0.05) is 0 Å². The Balaban J connectivity index is 2.38. The first-order valence-electron chi connectivity index (χ1n) is 6.96. The molecule has 1 saturated carbocycles. The SMILES string of the molecule is COCCN(CCO)C(=O)NC1CCC(C(=O)O)CC1. The Morgan fingerprint density at radius 2 is 1.90 bits per heavy atom. The Hall–Kier alpha value is -1.34. The van der Waals surface area contributed by atoms with Crippen molar-refractivity contribution >= 4 is 12.0 Å². The molecule has 1 aliphatic carbocycles. The van der Waals surface area contributed by atoms with Gasteiger partial charge >= 0.3 is 12.0 Å². The minimum atomic E-state index is -0.753. The molecule has 3 N–H and O–H groups in total. The summed E-state index contributed by atoms with van der Waals surface area (Å²) in [5.74, 6) is -1.04. The molecule has 0 aliphatic heterocycles. The summed E-state index contributed by atoms with van der Waals surface area (Å²) in [7, 11) is 1.56. The second kappa shape index (κ2) is 8.76. The molecule has 0 heterocycles. The van der Waals surface area contributed by atoms with Gasteiger partial charge in [0.25, 0.3) is 0 Å². The van der Waals surface area contributed by atoms with Gasteiger partial charge in [0.1, 0.15) is 0 Å². The average Bonchev–Trinajstić information content (AvgIpc) is 2.43. The van der Waals surface area contributed by atoms with E-state index in [9.17, 15) is 9.59 Å². The lowest BCUT2D eigenvalue weighted by molar-refractivity contribution is -0.142. The van der Waals surface area contributed by atoms with Crippen LogP contribution in [0.15, 0.2) is 0 Å². The van der Waals surface area contributed by atoms with Crippen LogP contribution in [-0.2, 0) is 9.53 Å². The van der Waals surface area contributed by atoms with Gasteiger partial charge < -0.3 is 25.2 Å². The Morgan fingerprint density at radius 3 is 2.40 bits per heavy atom. The zero-order valence-corrected chi connectivity index (χ0v) is 11.9. The summed E-state index contributed by atoms with van der Waals surface area (Å²) in [4.78, 5) is 24.4. The highest BCUT2D eigenvalue weighted by atomic mass is 16.5. The van der Waals surface area contributed by atoms with Crippen molar-refractivity contribution in [3.63, 3.8) is 0 Å². The molecule has 0 spiro atoms. The molecule has 7 heteroatoms. The summed E-state index contributed by atoms with van der Waals surface area (Å²) in [6, 6.07) is -0.211. The number of aliphatic hydroxyl groups excluding tert-OH is 1. The molecule has 1 aliphatic rings. The Morgan fingerprint density at radius 1 is 1.25 bits per heavy atom. The Kier molecular flexibility index (Phi) is 7.32. The lowest BCUT2D eigenvalue weighted by atomic mass is 9.86. The highest BCUT2D eigenvalue weighted by Gasteiger charge is 2.27. The van der Waals surface area contributed by atoms with Crippen LogP contribution in [-0.4, -0.2) is 66.6 Å². The Bertz CT molecular complexity index is 316. The quantitative estimate of drug-likeness (QED) is 0.625. The van der Waals surface area contributed by atoms with Gasteiger partial charge in [0.05, 0.1) is 19.1 Å². The number of hydrogen-bond donors (Lipinski definition) is 3. The molecule has 0 saturated heterocycles. The lowest BCUT2D eigenvalue weighted by Crippen LogP contribution is -2.48. The highest BCUT2D eigenvalue weighted by Crippen LogP contribution is 2.24. The maximum Gasteiger partial charge on any atom is 0.317 e. The number of carboxylic acid groups (broad SMARTS) is 1. The van der Waals surface area contributed by atoms with E-state index in [4.69, 9.17) is 14.9 Å². The Labute approximate surface area is 118 Å². The summed E-state index contributed by atoms with van der Waals surface area (Å²) in [5, 5.41) is 20.8. The van der Waals surface area contributed by atoms with Gasteiger partial charge in [-0.2, -0.15) is 0 Å². The van der Waals surface area contributed by atoms with E-state index >= 15 is 0 Å². The minimum absolute atomic E-state index is 0.0156. The number of nitrogens with zero attached hydrogens (tertiary/aromatic N) is 1. The van der Waals surface area contributed by atoms with E-state index in [1.807, 2.05) is 0 Å². The average molecular weight is 288 g/mol. The molecule has 20 heavy (non-hydrogen) atoms. The first-order valence-corrected chi connectivity index (χ1v) is 6.96. The maximum absolute atomic E-state index is 12.1. The number of aliphatic carboxylic acids is 1. The first kappa shape index (κ1) is 16.7. The zero-order valence-electron chi connectivity index (χ0n) is 11.9. The van der Waals surface area contributed by atoms with Crippen molar-refractivity contribution < 1.29 is 24.5 Å². The van der Waals surface area contributed by atoms with Crippen LogP contribution in [0.3, 0.4) is 0 Å². The number of rotatable bonds is 7. The molecule has 0 bridgehead atoms. The predicted octanol–water partition coefficient (Wildman–Crippen LogP) is 0.280. The van der Waals surface area contributed by atoms with Gasteiger partial charge in [0.2, 0.25) is 0 Å². The standard InChI is InChI=1S/C13H24N2O5/c1-20-9-7-15(6-8-16)13(19)14-11-4-2-10(3-5-11)12(17)18/h10-11,16H,2-9H2,1H3,(H,14,19)(H,17,18). The van der Waals surface area contributed by atoms with Gasteiger partial charge in [-0.3, -0.25) is 4.79 Å². The first-order chi connectivity index (χ1) is 9.58. The number of hydrogen-bond acceptors (Lipinski definition) is 4.